The average molecular weight is 203 g/mol. The molecule has 0 bridgehead atoms. The number of nitrogens with one attached hydrogen (secondary N) is 1. The van der Waals surface area contributed by atoms with Gasteiger partial charge in [-0.25, -0.2) is 8.42 Å². The van der Waals surface area contributed by atoms with E-state index >= 15 is 0 Å². The van der Waals surface area contributed by atoms with Crippen molar-refractivity contribution in [3.63, 3.8) is 0 Å². The normalized spacial score (nSPS) is 11.5. The van der Waals surface area contributed by atoms with Gasteiger partial charge in [0.05, 0.1) is 18.1 Å². The molecule has 1 heterocycles. The highest BCUT2D eigenvalue weighted by atomic mass is 32.2. The summed E-state index contributed by atoms with van der Waals surface area (Å²) in [5.74, 6) is 0. The molecule has 0 saturated carbocycles. The maximum absolute atomic E-state index is 10.8. The molecular weight excluding hydrogens is 190 g/mol. The number of sulfonamides is 1. The molecule has 0 aromatic carbocycles. The quantitative estimate of drug-likeness (QED) is 0.782. The van der Waals surface area contributed by atoms with Crippen LogP contribution >= 0.6 is 0 Å². The summed E-state index contributed by atoms with van der Waals surface area (Å²) in [6.07, 6.45) is 5.26. The zero-order valence-electron chi connectivity index (χ0n) is 7.69. The number of aromatic nitrogens is 2. The molecule has 0 amide bonds. The van der Waals surface area contributed by atoms with E-state index in [1.165, 1.54) is 6.20 Å². The molecule has 74 valence electrons. The van der Waals surface area contributed by atoms with Crippen molar-refractivity contribution in [1.29, 1.82) is 0 Å². The molecular formula is C7H13N3O2S. The van der Waals surface area contributed by atoms with Crippen LogP contribution in [0.5, 0.6) is 0 Å². The molecule has 0 unspecified atom stereocenters. The van der Waals surface area contributed by atoms with Crippen molar-refractivity contribution >= 4 is 15.7 Å². The van der Waals surface area contributed by atoms with Crippen LogP contribution in [0.3, 0.4) is 0 Å². The van der Waals surface area contributed by atoms with Gasteiger partial charge in [-0.3, -0.25) is 9.40 Å². The Hall–Kier alpha value is -1.04. The van der Waals surface area contributed by atoms with Crippen LogP contribution in [0.15, 0.2) is 12.4 Å². The van der Waals surface area contributed by atoms with Crippen LogP contribution in [-0.2, 0) is 16.6 Å². The summed E-state index contributed by atoms with van der Waals surface area (Å²) in [6.45, 7) is 2.83. The summed E-state index contributed by atoms with van der Waals surface area (Å²) in [5, 5.41) is 3.98. The van der Waals surface area contributed by atoms with Crippen molar-refractivity contribution in [3.8, 4) is 0 Å². The van der Waals surface area contributed by atoms with Crippen LogP contribution in [0.2, 0.25) is 0 Å². The molecule has 0 aliphatic carbocycles. The van der Waals surface area contributed by atoms with Crippen molar-refractivity contribution in [2.75, 3.05) is 11.0 Å². The fourth-order valence-corrected chi connectivity index (χ4v) is 1.52. The van der Waals surface area contributed by atoms with Gasteiger partial charge in [0.15, 0.2) is 0 Å². The second-order valence-corrected chi connectivity index (χ2v) is 4.61. The Morgan fingerprint density at radius 1 is 1.62 bits per heavy atom. The number of hydrogen-bond acceptors (Lipinski definition) is 3. The Labute approximate surface area is 77.8 Å². The minimum atomic E-state index is -3.18. The van der Waals surface area contributed by atoms with Crippen molar-refractivity contribution in [2.45, 2.75) is 19.9 Å². The van der Waals surface area contributed by atoms with E-state index in [2.05, 4.69) is 9.82 Å². The van der Waals surface area contributed by atoms with Gasteiger partial charge in [0.1, 0.15) is 0 Å². The van der Waals surface area contributed by atoms with Gasteiger partial charge in [-0.15, -0.1) is 0 Å². The maximum Gasteiger partial charge on any atom is 0.229 e. The second kappa shape index (κ2) is 3.78. The van der Waals surface area contributed by atoms with E-state index in [-0.39, 0.29) is 0 Å². The predicted octanol–water partition coefficient (Wildman–Crippen LogP) is 0.665. The van der Waals surface area contributed by atoms with Crippen molar-refractivity contribution in [2.24, 2.45) is 0 Å². The van der Waals surface area contributed by atoms with E-state index in [1.54, 1.807) is 10.9 Å². The van der Waals surface area contributed by atoms with Gasteiger partial charge in [-0.05, 0) is 6.42 Å². The zero-order chi connectivity index (χ0) is 9.90. The van der Waals surface area contributed by atoms with Gasteiger partial charge in [0, 0.05) is 12.7 Å². The number of nitrogens with zero attached hydrogens (tertiary/aromatic N) is 2. The molecule has 5 nitrogen and oxygen atoms in total. The molecule has 13 heavy (non-hydrogen) atoms. The van der Waals surface area contributed by atoms with Crippen LogP contribution < -0.4 is 4.72 Å². The van der Waals surface area contributed by atoms with Gasteiger partial charge in [0.25, 0.3) is 0 Å². The Balaban J connectivity index is 2.69. The smallest absolute Gasteiger partial charge is 0.229 e. The first-order valence-corrected chi connectivity index (χ1v) is 5.90. The Morgan fingerprint density at radius 2 is 2.31 bits per heavy atom. The summed E-state index contributed by atoms with van der Waals surface area (Å²) >= 11 is 0. The fraction of sp³-hybridized carbons (Fsp3) is 0.571. The number of rotatable bonds is 4. The standard InChI is InChI=1S/C7H13N3O2S/c1-3-4-10-6-7(5-8-10)9-13(2,11)12/h5-6,9H,3-4H2,1-2H3. The second-order valence-electron chi connectivity index (χ2n) is 2.87. The number of aryl methyl sites for hydroxylation is 1. The molecule has 0 fully saturated rings. The van der Waals surface area contributed by atoms with E-state index in [1.807, 2.05) is 6.92 Å². The van der Waals surface area contributed by atoms with Crippen molar-refractivity contribution in [3.05, 3.63) is 12.4 Å². The lowest BCUT2D eigenvalue weighted by molar-refractivity contribution is 0.602. The monoisotopic (exact) mass is 203 g/mol. The Kier molecular flexibility index (Phi) is 2.92. The molecule has 6 heteroatoms. The van der Waals surface area contributed by atoms with E-state index < -0.39 is 10.0 Å². The van der Waals surface area contributed by atoms with Gasteiger partial charge in [-0.1, -0.05) is 6.92 Å². The highest BCUT2D eigenvalue weighted by Gasteiger charge is 2.03. The Morgan fingerprint density at radius 3 is 2.85 bits per heavy atom. The van der Waals surface area contributed by atoms with E-state index in [9.17, 15) is 8.42 Å². The van der Waals surface area contributed by atoms with Crippen LogP contribution in [-0.4, -0.2) is 24.5 Å². The van der Waals surface area contributed by atoms with Crippen molar-refractivity contribution < 1.29 is 8.42 Å². The summed E-state index contributed by atoms with van der Waals surface area (Å²) in [5.41, 5.74) is 0.510. The lowest BCUT2D eigenvalue weighted by Gasteiger charge is -1.98. The highest BCUT2D eigenvalue weighted by Crippen LogP contribution is 2.06. The zero-order valence-corrected chi connectivity index (χ0v) is 8.50. The summed E-state index contributed by atoms with van der Waals surface area (Å²) < 4.78 is 25.7. The fourth-order valence-electron chi connectivity index (χ4n) is 0.982. The third-order valence-electron chi connectivity index (χ3n) is 1.39. The van der Waals surface area contributed by atoms with E-state index in [0.29, 0.717) is 5.69 Å². The number of anilines is 1. The lowest BCUT2D eigenvalue weighted by Crippen LogP contribution is -2.08. The van der Waals surface area contributed by atoms with Gasteiger partial charge in [0.2, 0.25) is 10.0 Å². The van der Waals surface area contributed by atoms with E-state index in [0.717, 1.165) is 19.2 Å². The van der Waals surface area contributed by atoms with Crippen molar-refractivity contribution in [1.82, 2.24) is 9.78 Å². The molecule has 0 aliphatic heterocycles. The third-order valence-corrected chi connectivity index (χ3v) is 2.00. The molecule has 0 spiro atoms. The van der Waals surface area contributed by atoms with Crippen LogP contribution in [0.25, 0.3) is 0 Å². The Bertz CT molecular complexity index is 369. The highest BCUT2D eigenvalue weighted by molar-refractivity contribution is 7.92. The topological polar surface area (TPSA) is 64.0 Å². The number of hydrogen-bond donors (Lipinski definition) is 1. The third kappa shape index (κ3) is 3.45. The molecule has 0 aliphatic rings. The molecule has 0 saturated heterocycles. The summed E-state index contributed by atoms with van der Waals surface area (Å²) in [7, 11) is -3.18. The average Bonchev–Trinajstić information content (AvgIpc) is 2.33. The summed E-state index contributed by atoms with van der Waals surface area (Å²) in [6, 6.07) is 0. The molecule has 1 N–H and O–H groups in total. The van der Waals surface area contributed by atoms with Gasteiger partial charge in [-0.2, -0.15) is 5.10 Å². The molecule has 1 aromatic rings. The van der Waals surface area contributed by atoms with Crippen LogP contribution in [0, 0.1) is 0 Å². The largest absolute Gasteiger partial charge is 0.281 e. The van der Waals surface area contributed by atoms with Crippen LogP contribution in [0.4, 0.5) is 5.69 Å². The molecule has 1 aromatic heterocycles. The van der Waals surface area contributed by atoms with Gasteiger partial charge >= 0.3 is 0 Å². The SMILES string of the molecule is CCCn1cc(NS(C)(=O)=O)cn1. The minimum Gasteiger partial charge on any atom is -0.281 e. The summed E-state index contributed by atoms with van der Waals surface area (Å²) in [4.78, 5) is 0. The lowest BCUT2D eigenvalue weighted by atomic mass is 10.5. The first kappa shape index (κ1) is 10.0. The van der Waals surface area contributed by atoms with E-state index in [4.69, 9.17) is 0 Å². The first-order chi connectivity index (χ1) is 6.01. The van der Waals surface area contributed by atoms with Gasteiger partial charge < -0.3 is 0 Å². The molecule has 0 atom stereocenters. The first-order valence-electron chi connectivity index (χ1n) is 4.01. The predicted molar refractivity (Wildman–Crippen MR) is 51.0 cm³/mol. The maximum atomic E-state index is 10.8. The minimum absolute atomic E-state index is 0.510. The van der Waals surface area contributed by atoms with Crippen LogP contribution in [0.1, 0.15) is 13.3 Å². The molecule has 1 rings (SSSR count). The molecule has 0 radical (unpaired) electrons.